The molecule has 0 bridgehead atoms. The molecule has 4 rings (SSSR count). The average molecular weight is 444 g/mol. The fraction of sp³-hybridized carbons (Fsp3) is 0.414. The van der Waals surface area contributed by atoms with Gasteiger partial charge in [0.15, 0.2) is 0 Å². The molecule has 0 saturated carbocycles. The fourth-order valence-electron chi connectivity index (χ4n) is 4.65. The minimum atomic E-state index is 0.262. The van der Waals surface area contributed by atoms with Crippen LogP contribution in [0.2, 0.25) is 0 Å². The van der Waals surface area contributed by atoms with Crippen molar-refractivity contribution in [2.45, 2.75) is 58.4 Å². The van der Waals surface area contributed by atoms with E-state index in [1.165, 1.54) is 28.0 Å². The Morgan fingerprint density at radius 2 is 1.88 bits per heavy atom. The number of hydrogen-bond donors (Lipinski definition) is 2. The fourth-order valence-corrected chi connectivity index (χ4v) is 4.65. The minimum Gasteiger partial charge on any atom is -0.381 e. The first-order valence-corrected chi connectivity index (χ1v) is 12.2. The van der Waals surface area contributed by atoms with Crippen LogP contribution >= 0.6 is 0 Å². The Morgan fingerprint density at radius 3 is 2.58 bits per heavy atom. The molecule has 0 amide bonds. The van der Waals surface area contributed by atoms with E-state index in [0.717, 1.165) is 50.4 Å². The number of anilines is 1. The minimum absolute atomic E-state index is 0.262. The lowest BCUT2D eigenvalue weighted by molar-refractivity contribution is 0.0805. The summed E-state index contributed by atoms with van der Waals surface area (Å²) in [4.78, 5) is 4.86. The van der Waals surface area contributed by atoms with Gasteiger partial charge in [0.1, 0.15) is 0 Å². The van der Waals surface area contributed by atoms with E-state index in [4.69, 9.17) is 9.73 Å². The van der Waals surface area contributed by atoms with Gasteiger partial charge in [0.25, 0.3) is 0 Å². The average Bonchev–Trinajstić information content (AvgIpc) is 2.82. The van der Waals surface area contributed by atoms with Gasteiger partial charge in [-0.05, 0) is 79.8 Å². The molecule has 2 N–H and O–H groups in total. The Labute approximate surface area is 198 Å². The molecule has 174 valence electrons. The molecule has 0 aromatic heterocycles. The molecule has 4 heteroatoms. The summed E-state index contributed by atoms with van der Waals surface area (Å²) in [6.45, 7) is 12.4. The van der Waals surface area contributed by atoms with Crippen LogP contribution in [0.4, 0.5) is 5.69 Å². The number of ether oxygens (including phenoxy) is 1. The summed E-state index contributed by atoms with van der Waals surface area (Å²) in [5, 5.41) is 6.89. The van der Waals surface area contributed by atoms with Crippen molar-refractivity contribution in [3.63, 3.8) is 0 Å². The first-order chi connectivity index (χ1) is 16.0. The van der Waals surface area contributed by atoms with Crippen LogP contribution in [-0.2, 0) is 11.2 Å². The zero-order valence-corrected chi connectivity index (χ0v) is 20.2. The van der Waals surface area contributed by atoms with Gasteiger partial charge in [-0.15, -0.1) is 0 Å². The van der Waals surface area contributed by atoms with Crippen LogP contribution in [-0.4, -0.2) is 25.5 Å². The van der Waals surface area contributed by atoms with Gasteiger partial charge in [-0.25, -0.2) is 0 Å². The Hall–Kier alpha value is -2.85. The molecule has 0 radical (unpaired) electrons. The van der Waals surface area contributed by atoms with E-state index in [0.29, 0.717) is 12.0 Å². The van der Waals surface area contributed by atoms with Gasteiger partial charge < -0.3 is 15.4 Å². The lowest BCUT2D eigenvalue weighted by Gasteiger charge is -2.25. The Kier molecular flexibility index (Phi) is 7.66. The van der Waals surface area contributed by atoms with E-state index in [1.54, 1.807) is 0 Å². The van der Waals surface area contributed by atoms with Gasteiger partial charge >= 0.3 is 0 Å². The number of allylic oxidation sites excluding steroid dienone is 2. The molecule has 2 atom stereocenters. The number of hydrogen-bond acceptors (Lipinski definition) is 4. The van der Waals surface area contributed by atoms with Crippen LogP contribution in [0.15, 0.2) is 71.6 Å². The topological polar surface area (TPSA) is 45.7 Å². The summed E-state index contributed by atoms with van der Waals surface area (Å²) in [5.74, 6) is 1.62. The highest BCUT2D eigenvalue weighted by Crippen LogP contribution is 2.34. The standard InChI is InChI=1S/C29H37N3O/c1-20-8-13-29(30-19-20)28(27-7-5-6-21(2)22(27)3)18-24-9-11-25(12-10-24)31-23(4)32-26-14-16-33-17-15-26/h5-7,9-13,19-20,26,28,31-32H,4,8,14-18H2,1-3H3. The third-order valence-corrected chi connectivity index (χ3v) is 6.84. The Balaban J connectivity index is 1.46. The molecule has 2 aliphatic rings. The second-order valence-corrected chi connectivity index (χ2v) is 9.50. The zero-order valence-electron chi connectivity index (χ0n) is 20.2. The van der Waals surface area contributed by atoms with E-state index < -0.39 is 0 Å². The molecule has 33 heavy (non-hydrogen) atoms. The van der Waals surface area contributed by atoms with Crippen LogP contribution in [0.5, 0.6) is 0 Å². The van der Waals surface area contributed by atoms with Crippen molar-refractivity contribution in [2.24, 2.45) is 10.9 Å². The SMILES string of the molecule is C=C(Nc1ccc(CC(C2=CCC(C)C=N2)c2cccc(C)c2C)cc1)NC1CCOCC1. The smallest absolute Gasteiger partial charge is 0.0959 e. The van der Waals surface area contributed by atoms with Gasteiger partial charge in [0, 0.05) is 42.8 Å². The first kappa shape index (κ1) is 23.3. The summed E-state index contributed by atoms with van der Waals surface area (Å²) >= 11 is 0. The maximum Gasteiger partial charge on any atom is 0.0959 e. The number of benzene rings is 2. The third-order valence-electron chi connectivity index (χ3n) is 6.84. The van der Waals surface area contributed by atoms with E-state index in [1.807, 2.05) is 0 Å². The number of aryl methyl sites for hydroxylation is 1. The molecule has 1 fully saturated rings. The molecule has 0 spiro atoms. The molecule has 0 aliphatic carbocycles. The molecule has 2 unspecified atom stereocenters. The number of nitrogens with zero attached hydrogens (tertiary/aromatic N) is 1. The van der Waals surface area contributed by atoms with Crippen molar-refractivity contribution in [3.05, 3.63) is 88.9 Å². The highest BCUT2D eigenvalue weighted by molar-refractivity contribution is 5.64. The molecular weight excluding hydrogens is 406 g/mol. The van der Waals surface area contributed by atoms with E-state index in [9.17, 15) is 0 Å². The van der Waals surface area contributed by atoms with Gasteiger partial charge in [-0.1, -0.05) is 49.9 Å². The summed E-state index contributed by atoms with van der Waals surface area (Å²) in [5.41, 5.74) is 7.63. The van der Waals surface area contributed by atoms with Crippen molar-refractivity contribution in [1.82, 2.24) is 5.32 Å². The first-order valence-electron chi connectivity index (χ1n) is 12.2. The predicted molar refractivity (Wildman–Crippen MR) is 139 cm³/mol. The monoisotopic (exact) mass is 443 g/mol. The zero-order chi connectivity index (χ0) is 23.2. The molecular formula is C29H37N3O. The number of nitrogens with one attached hydrogen (secondary N) is 2. The van der Waals surface area contributed by atoms with E-state index in [2.05, 4.69) is 92.7 Å². The highest BCUT2D eigenvalue weighted by Gasteiger charge is 2.21. The Morgan fingerprint density at radius 1 is 1.12 bits per heavy atom. The van der Waals surface area contributed by atoms with Crippen LogP contribution < -0.4 is 10.6 Å². The molecule has 2 aromatic rings. The summed E-state index contributed by atoms with van der Waals surface area (Å²) in [6, 6.07) is 15.8. The van der Waals surface area contributed by atoms with Gasteiger partial charge in [-0.2, -0.15) is 0 Å². The van der Waals surface area contributed by atoms with Crippen LogP contribution in [0.1, 0.15) is 54.4 Å². The van der Waals surface area contributed by atoms with Crippen molar-refractivity contribution >= 4 is 11.9 Å². The quantitative estimate of drug-likeness (QED) is 0.505. The summed E-state index contributed by atoms with van der Waals surface area (Å²) in [6.07, 6.45) is 8.48. The Bertz CT molecular complexity index is 1020. The maximum absolute atomic E-state index is 5.44. The van der Waals surface area contributed by atoms with E-state index >= 15 is 0 Å². The summed E-state index contributed by atoms with van der Waals surface area (Å²) in [7, 11) is 0. The van der Waals surface area contributed by atoms with Crippen molar-refractivity contribution in [3.8, 4) is 0 Å². The van der Waals surface area contributed by atoms with Gasteiger partial charge in [-0.3, -0.25) is 4.99 Å². The van der Waals surface area contributed by atoms with E-state index in [-0.39, 0.29) is 5.92 Å². The van der Waals surface area contributed by atoms with Crippen LogP contribution in [0.25, 0.3) is 0 Å². The van der Waals surface area contributed by atoms with Crippen molar-refractivity contribution in [2.75, 3.05) is 18.5 Å². The molecule has 4 nitrogen and oxygen atoms in total. The maximum atomic E-state index is 5.44. The molecule has 2 aliphatic heterocycles. The third kappa shape index (κ3) is 6.14. The summed E-state index contributed by atoms with van der Waals surface area (Å²) < 4.78 is 5.44. The second kappa shape index (κ2) is 10.8. The lowest BCUT2D eigenvalue weighted by atomic mass is 9.84. The van der Waals surface area contributed by atoms with Gasteiger partial charge in [0.2, 0.25) is 0 Å². The van der Waals surface area contributed by atoms with Gasteiger partial charge in [0.05, 0.1) is 5.82 Å². The number of rotatable bonds is 8. The molecule has 2 heterocycles. The van der Waals surface area contributed by atoms with Crippen LogP contribution in [0.3, 0.4) is 0 Å². The molecule has 1 saturated heterocycles. The molecule has 2 aromatic carbocycles. The van der Waals surface area contributed by atoms with Crippen molar-refractivity contribution < 1.29 is 4.74 Å². The van der Waals surface area contributed by atoms with Crippen LogP contribution in [0, 0.1) is 19.8 Å². The largest absolute Gasteiger partial charge is 0.381 e. The number of aliphatic imine (C=N–C) groups is 1. The lowest BCUT2D eigenvalue weighted by Crippen LogP contribution is -2.35. The predicted octanol–water partition coefficient (Wildman–Crippen LogP) is 6.28. The normalized spacial score (nSPS) is 19.6. The second-order valence-electron chi connectivity index (χ2n) is 9.50. The van der Waals surface area contributed by atoms with Crippen molar-refractivity contribution in [1.29, 1.82) is 0 Å². The highest BCUT2D eigenvalue weighted by atomic mass is 16.5.